The van der Waals surface area contributed by atoms with Crippen LogP contribution in [-0.4, -0.2) is 32.2 Å². The molecule has 2 rings (SSSR count). The van der Waals surface area contributed by atoms with Crippen LogP contribution in [0.15, 0.2) is 0 Å². The molecule has 2 aliphatic rings. The third-order valence-electron chi connectivity index (χ3n) is 4.14. The number of amides is 1. The summed E-state index contributed by atoms with van der Waals surface area (Å²) in [7, 11) is 0. The van der Waals surface area contributed by atoms with Crippen molar-refractivity contribution in [2.24, 2.45) is 23.0 Å². The number of hydrogen-bond acceptors (Lipinski definition) is 3. The summed E-state index contributed by atoms with van der Waals surface area (Å²) in [6.07, 6.45) is 4.21. The molecule has 1 saturated carbocycles. The van der Waals surface area contributed by atoms with E-state index in [2.05, 4.69) is 12.2 Å². The molecule has 0 aromatic rings. The first-order chi connectivity index (χ1) is 8.13. The molecule has 1 aliphatic carbocycles. The standard InChI is InChI=1S/C13H24N2O2/c1-13(8-17-9-13)7-15-12(16)11-4-2-10(6-14)3-5-11/h10-11H,2-9,14H2,1H3,(H,15,16). The molecule has 4 nitrogen and oxygen atoms in total. The Morgan fingerprint density at radius 2 is 2.00 bits per heavy atom. The molecule has 0 radical (unpaired) electrons. The molecular weight excluding hydrogens is 216 g/mol. The largest absolute Gasteiger partial charge is 0.380 e. The zero-order chi connectivity index (χ0) is 12.3. The van der Waals surface area contributed by atoms with Gasteiger partial charge < -0.3 is 15.8 Å². The Bertz CT molecular complexity index is 269. The second-order valence-electron chi connectivity index (χ2n) is 5.97. The lowest BCUT2D eigenvalue weighted by atomic mass is 9.81. The maximum Gasteiger partial charge on any atom is 0.223 e. The second kappa shape index (κ2) is 5.36. The Labute approximate surface area is 103 Å². The van der Waals surface area contributed by atoms with E-state index in [1.807, 2.05) is 0 Å². The molecule has 0 unspecified atom stereocenters. The molecule has 4 heteroatoms. The van der Waals surface area contributed by atoms with Gasteiger partial charge in [-0.1, -0.05) is 6.92 Å². The summed E-state index contributed by atoms with van der Waals surface area (Å²) in [5.41, 5.74) is 5.82. The monoisotopic (exact) mass is 240 g/mol. The van der Waals surface area contributed by atoms with Crippen LogP contribution in [0, 0.1) is 17.3 Å². The molecule has 0 aromatic carbocycles. The van der Waals surface area contributed by atoms with E-state index < -0.39 is 0 Å². The van der Waals surface area contributed by atoms with Gasteiger partial charge in [-0.25, -0.2) is 0 Å². The highest BCUT2D eigenvalue weighted by Gasteiger charge is 2.34. The molecule has 0 bridgehead atoms. The van der Waals surface area contributed by atoms with Crippen molar-refractivity contribution < 1.29 is 9.53 Å². The predicted octanol–water partition coefficient (Wildman–Crippen LogP) is 0.904. The van der Waals surface area contributed by atoms with Crippen LogP contribution in [0.1, 0.15) is 32.6 Å². The lowest BCUT2D eigenvalue weighted by Crippen LogP contribution is -2.49. The summed E-state index contributed by atoms with van der Waals surface area (Å²) in [6, 6.07) is 0. The Morgan fingerprint density at radius 1 is 1.35 bits per heavy atom. The van der Waals surface area contributed by atoms with E-state index >= 15 is 0 Å². The summed E-state index contributed by atoms with van der Waals surface area (Å²) in [5, 5.41) is 3.08. The molecule has 0 atom stereocenters. The van der Waals surface area contributed by atoms with E-state index in [1.54, 1.807) is 0 Å². The first-order valence-electron chi connectivity index (χ1n) is 6.68. The Kier molecular flexibility index (Phi) is 4.05. The Hall–Kier alpha value is -0.610. The summed E-state index contributed by atoms with van der Waals surface area (Å²) in [4.78, 5) is 12.0. The molecule has 1 saturated heterocycles. The highest BCUT2D eigenvalue weighted by molar-refractivity contribution is 5.78. The van der Waals surface area contributed by atoms with Crippen molar-refractivity contribution >= 4 is 5.91 Å². The highest BCUT2D eigenvalue weighted by Crippen LogP contribution is 2.29. The van der Waals surface area contributed by atoms with E-state index in [-0.39, 0.29) is 17.2 Å². The summed E-state index contributed by atoms with van der Waals surface area (Å²) >= 11 is 0. The van der Waals surface area contributed by atoms with Gasteiger partial charge in [0.15, 0.2) is 0 Å². The van der Waals surface area contributed by atoms with Crippen molar-refractivity contribution in [2.45, 2.75) is 32.6 Å². The molecule has 98 valence electrons. The maximum absolute atomic E-state index is 12.0. The fourth-order valence-corrected chi connectivity index (χ4v) is 2.66. The fraction of sp³-hybridized carbons (Fsp3) is 0.923. The molecule has 3 N–H and O–H groups in total. The third kappa shape index (κ3) is 3.19. The van der Waals surface area contributed by atoms with Crippen LogP contribution in [0.2, 0.25) is 0 Å². The molecule has 1 heterocycles. The van der Waals surface area contributed by atoms with Gasteiger partial charge in [0.25, 0.3) is 0 Å². The van der Waals surface area contributed by atoms with Crippen LogP contribution >= 0.6 is 0 Å². The van der Waals surface area contributed by atoms with E-state index in [9.17, 15) is 4.79 Å². The summed E-state index contributed by atoms with van der Waals surface area (Å²) in [6.45, 7) is 5.22. The number of nitrogens with one attached hydrogen (secondary N) is 1. The van der Waals surface area contributed by atoms with E-state index in [4.69, 9.17) is 10.5 Å². The van der Waals surface area contributed by atoms with Crippen molar-refractivity contribution in [2.75, 3.05) is 26.3 Å². The molecule has 1 aliphatic heterocycles. The van der Waals surface area contributed by atoms with E-state index in [1.165, 1.54) is 0 Å². The fourth-order valence-electron chi connectivity index (χ4n) is 2.66. The molecule has 2 fully saturated rings. The third-order valence-corrected chi connectivity index (χ3v) is 4.14. The van der Waals surface area contributed by atoms with Gasteiger partial charge in [0, 0.05) is 17.9 Å². The molecule has 0 aromatic heterocycles. The first-order valence-corrected chi connectivity index (χ1v) is 6.68. The van der Waals surface area contributed by atoms with Crippen molar-refractivity contribution in [3.05, 3.63) is 0 Å². The number of nitrogens with two attached hydrogens (primary N) is 1. The van der Waals surface area contributed by atoms with Gasteiger partial charge in [-0.05, 0) is 38.1 Å². The van der Waals surface area contributed by atoms with Crippen molar-refractivity contribution in [1.82, 2.24) is 5.32 Å². The van der Waals surface area contributed by atoms with Crippen LogP contribution in [-0.2, 0) is 9.53 Å². The molecule has 1 amide bonds. The normalized spacial score (nSPS) is 31.6. The van der Waals surface area contributed by atoms with Gasteiger partial charge in [0.2, 0.25) is 5.91 Å². The highest BCUT2D eigenvalue weighted by atomic mass is 16.5. The van der Waals surface area contributed by atoms with E-state index in [0.29, 0.717) is 5.92 Å². The quantitative estimate of drug-likeness (QED) is 0.767. The van der Waals surface area contributed by atoms with Gasteiger partial charge >= 0.3 is 0 Å². The van der Waals surface area contributed by atoms with Crippen LogP contribution in [0.3, 0.4) is 0 Å². The summed E-state index contributed by atoms with van der Waals surface area (Å²) < 4.78 is 5.18. The number of carbonyl (C=O) groups excluding carboxylic acids is 1. The average molecular weight is 240 g/mol. The second-order valence-corrected chi connectivity index (χ2v) is 5.97. The Morgan fingerprint density at radius 3 is 2.47 bits per heavy atom. The average Bonchev–Trinajstić information content (AvgIpc) is 2.33. The minimum absolute atomic E-state index is 0.171. The zero-order valence-corrected chi connectivity index (χ0v) is 10.7. The van der Waals surface area contributed by atoms with Gasteiger partial charge in [-0.15, -0.1) is 0 Å². The molecular formula is C13H24N2O2. The van der Waals surface area contributed by atoms with Gasteiger partial charge in [0.05, 0.1) is 13.2 Å². The minimum Gasteiger partial charge on any atom is -0.380 e. The number of hydrogen-bond donors (Lipinski definition) is 2. The van der Waals surface area contributed by atoms with Gasteiger partial charge in [-0.2, -0.15) is 0 Å². The SMILES string of the molecule is CC1(CNC(=O)C2CCC(CN)CC2)COC1. The lowest BCUT2D eigenvalue weighted by molar-refractivity contribution is -0.131. The maximum atomic E-state index is 12.0. The smallest absolute Gasteiger partial charge is 0.223 e. The Balaban J connectivity index is 1.69. The van der Waals surface area contributed by atoms with Crippen molar-refractivity contribution in [1.29, 1.82) is 0 Å². The topological polar surface area (TPSA) is 64.4 Å². The van der Waals surface area contributed by atoms with Crippen LogP contribution < -0.4 is 11.1 Å². The van der Waals surface area contributed by atoms with Gasteiger partial charge in [-0.3, -0.25) is 4.79 Å². The summed E-state index contributed by atoms with van der Waals surface area (Å²) in [5.74, 6) is 1.08. The van der Waals surface area contributed by atoms with Crippen molar-refractivity contribution in [3.63, 3.8) is 0 Å². The van der Waals surface area contributed by atoms with Crippen LogP contribution in [0.25, 0.3) is 0 Å². The number of carbonyl (C=O) groups is 1. The van der Waals surface area contributed by atoms with E-state index in [0.717, 1.165) is 52.0 Å². The van der Waals surface area contributed by atoms with Gasteiger partial charge in [0.1, 0.15) is 0 Å². The molecule has 0 spiro atoms. The number of rotatable bonds is 4. The molecule has 17 heavy (non-hydrogen) atoms. The lowest BCUT2D eigenvalue weighted by Gasteiger charge is -2.38. The number of ether oxygens (including phenoxy) is 1. The van der Waals surface area contributed by atoms with Crippen molar-refractivity contribution in [3.8, 4) is 0 Å². The first kappa shape index (κ1) is 12.8. The zero-order valence-electron chi connectivity index (χ0n) is 10.7. The van der Waals surface area contributed by atoms with Crippen LogP contribution in [0.4, 0.5) is 0 Å². The predicted molar refractivity (Wildman–Crippen MR) is 66.4 cm³/mol. The minimum atomic E-state index is 0.171. The van der Waals surface area contributed by atoms with Crippen LogP contribution in [0.5, 0.6) is 0 Å².